The molecule has 2 aliphatic rings. The molecule has 0 unspecified atom stereocenters. The van der Waals surface area contributed by atoms with Crippen molar-refractivity contribution in [3.05, 3.63) is 53.1 Å². The van der Waals surface area contributed by atoms with Gasteiger partial charge < -0.3 is 14.5 Å². The highest BCUT2D eigenvalue weighted by Gasteiger charge is 2.32. The highest BCUT2D eigenvalue weighted by atomic mass is 16.5. The molecule has 5 heteroatoms. The molecule has 0 aromatic heterocycles. The van der Waals surface area contributed by atoms with Crippen molar-refractivity contribution in [1.82, 2.24) is 9.80 Å². The number of piperazine rings is 1. The van der Waals surface area contributed by atoms with Gasteiger partial charge in [-0.1, -0.05) is 38.5 Å². The SMILES string of the molecule is Cc1ccc2c(c1)Oc1ccc(C)cc1C(N1CCN(C(=O)CC(C)(C)C)[C@@H](C)C1)=N2. The molecule has 4 rings (SSSR count). The number of benzene rings is 2. The number of aryl methyl sites for hydroxylation is 2. The lowest BCUT2D eigenvalue weighted by Gasteiger charge is -2.42. The first-order valence-corrected chi connectivity index (χ1v) is 11.1. The molecule has 5 nitrogen and oxygen atoms in total. The van der Waals surface area contributed by atoms with Crippen LogP contribution in [0.3, 0.4) is 0 Å². The normalized spacial score (nSPS) is 18.5. The van der Waals surface area contributed by atoms with Crippen molar-refractivity contribution in [2.75, 3.05) is 19.6 Å². The monoisotopic (exact) mass is 419 g/mol. The van der Waals surface area contributed by atoms with E-state index in [2.05, 4.69) is 64.6 Å². The van der Waals surface area contributed by atoms with Gasteiger partial charge in [0.25, 0.3) is 0 Å². The first kappa shape index (κ1) is 21.4. The summed E-state index contributed by atoms with van der Waals surface area (Å²) in [5, 5.41) is 0. The second-order valence-corrected chi connectivity index (χ2v) is 10.1. The molecule has 0 bridgehead atoms. The van der Waals surface area contributed by atoms with Crippen molar-refractivity contribution in [2.45, 2.75) is 54.0 Å². The number of aliphatic imine (C=N–C) groups is 1. The topological polar surface area (TPSA) is 45.1 Å². The molecule has 1 fully saturated rings. The van der Waals surface area contributed by atoms with Gasteiger partial charge in [0.15, 0.2) is 5.75 Å². The molecule has 1 saturated heterocycles. The molecule has 0 N–H and O–H groups in total. The van der Waals surface area contributed by atoms with E-state index in [0.717, 1.165) is 47.2 Å². The molecule has 0 saturated carbocycles. The van der Waals surface area contributed by atoms with Crippen molar-refractivity contribution in [3.8, 4) is 11.5 Å². The molecule has 2 aromatic rings. The van der Waals surface area contributed by atoms with Crippen molar-refractivity contribution in [3.63, 3.8) is 0 Å². The summed E-state index contributed by atoms with van der Waals surface area (Å²) in [6.07, 6.45) is 0.570. The van der Waals surface area contributed by atoms with Crippen LogP contribution in [0.5, 0.6) is 11.5 Å². The van der Waals surface area contributed by atoms with E-state index in [1.807, 2.05) is 23.1 Å². The van der Waals surface area contributed by atoms with Crippen LogP contribution in [0.4, 0.5) is 5.69 Å². The van der Waals surface area contributed by atoms with Gasteiger partial charge in [-0.2, -0.15) is 0 Å². The number of ether oxygens (including phenoxy) is 1. The fraction of sp³-hybridized carbons (Fsp3) is 0.462. The average Bonchev–Trinajstić information content (AvgIpc) is 2.82. The van der Waals surface area contributed by atoms with Crippen molar-refractivity contribution in [2.24, 2.45) is 10.4 Å². The Morgan fingerprint density at radius 1 is 1.06 bits per heavy atom. The standard InChI is InChI=1S/C26H33N3O2/c1-17-8-10-22-20(13-17)25(27-21-9-7-18(2)14-23(21)31-22)28-11-12-29(19(3)16-28)24(30)15-26(4,5)6/h7-10,13-14,19H,11-12,15-16H2,1-6H3/t19-/m0/s1. The summed E-state index contributed by atoms with van der Waals surface area (Å²) in [6, 6.07) is 12.5. The van der Waals surface area contributed by atoms with E-state index < -0.39 is 0 Å². The van der Waals surface area contributed by atoms with E-state index in [4.69, 9.17) is 9.73 Å². The highest BCUT2D eigenvalue weighted by Crippen LogP contribution is 2.39. The zero-order chi connectivity index (χ0) is 22.3. The lowest BCUT2D eigenvalue weighted by molar-refractivity contribution is -0.136. The van der Waals surface area contributed by atoms with E-state index in [1.165, 1.54) is 5.56 Å². The van der Waals surface area contributed by atoms with Crippen LogP contribution in [0.2, 0.25) is 0 Å². The lowest BCUT2D eigenvalue weighted by atomic mass is 9.91. The van der Waals surface area contributed by atoms with Gasteiger partial charge >= 0.3 is 0 Å². The van der Waals surface area contributed by atoms with Crippen LogP contribution in [-0.4, -0.2) is 47.2 Å². The summed E-state index contributed by atoms with van der Waals surface area (Å²) in [6.45, 7) is 14.8. The summed E-state index contributed by atoms with van der Waals surface area (Å²) >= 11 is 0. The third kappa shape index (κ3) is 4.60. The zero-order valence-electron chi connectivity index (χ0n) is 19.5. The second kappa shape index (κ2) is 8.03. The average molecular weight is 420 g/mol. The van der Waals surface area contributed by atoms with E-state index in [1.54, 1.807) is 0 Å². The first-order valence-electron chi connectivity index (χ1n) is 11.1. The third-order valence-electron chi connectivity index (χ3n) is 5.87. The van der Waals surface area contributed by atoms with Crippen molar-refractivity contribution >= 4 is 17.4 Å². The number of nitrogens with zero attached hydrogens (tertiary/aromatic N) is 3. The molecular formula is C26H33N3O2. The molecule has 1 amide bonds. The van der Waals surface area contributed by atoms with Gasteiger partial charge in [0.2, 0.25) is 5.91 Å². The number of carbonyl (C=O) groups excluding carboxylic acids is 1. The van der Waals surface area contributed by atoms with Crippen LogP contribution in [-0.2, 0) is 4.79 Å². The Morgan fingerprint density at radius 3 is 2.48 bits per heavy atom. The van der Waals surface area contributed by atoms with Crippen molar-refractivity contribution < 1.29 is 9.53 Å². The number of hydrogen-bond acceptors (Lipinski definition) is 4. The number of carbonyl (C=O) groups is 1. The summed E-state index contributed by atoms with van der Waals surface area (Å²) in [5.41, 5.74) is 4.16. The van der Waals surface area contributed by atoms with Gasteiger partial charge in [-0.3, -0.25) is 4.79 Å². The molecule has 2 aliphatic heterocycles. The Bertz CT molecular complexity index is 1040. The van der Waals surface area contributed by atoms with Crippen LogP contribution in [0, 0.1) is 19.3 Å². The number of rotatable bonds is 1. The fourth-order valence-corrected chi connectivity index (χ4v) is 4.31. The quantitative estimate of drug-likeness (QED) is 0.617. The molecule has 31 heavy (non-hydrogen) atoms. The molecule has 164 valence electrons. The molecule has 0 radical (unpaired) electrons. The maximum absolute atomic E-state index is 12.9. The summed E-state index contributed by atoms with van der Waals surface area (Å²) in [7, 11) is 0. The summed E-state index contributed by atoms with van der Waals surface area (Å²) in [4.78, 5) is 22.3. The van der Waals surface area contributed by atoms with E-state index in [0.29, 0.717) is 13.0 Å². The van der Waals surface area contributed by atoms with Gasteiger partial charge in [0, 0.05) is 32.1 Å². The predicted molar refractivity (Wildman–Crippen MR) is 125 cm³/mol. The second-order valence-electron chi connectivity index (χ2n) is 10.1. The van der Waals surface area contributed by atoms with Gasteiger partial charge in [-0.15, -0.1) is 0 Å². The van der Waals surface area contributed by atoms with Crippen LogP contribution >= 0.6 is 0 Å². The largest absolute Gasteiger partial charge is 0.454 e. The van der Waals surface area contributed by atoms with Gasteiger partial charge in [0.05, 0.1) is 5.56 Å². The Balaban J connectivity index is 1.66. The van der Waals surface area contributed by atoms with Crippen molar-refractivity contribution in [1.29, 1.82) is 0 Å². The minimum absolute atomic E-state index is 0.00500. The van der Waals surface area contributed by atoms with E-state index in [9.17, 15) is 4.79 Å². The van der Waals surface area contributed by atoms with E-state index in [-0.39, 0.29) is 17.4 Å². The Hall–Kier alpha value is -2.82. The van der Waals surface area contributed by atoms with E-state index >= 15 is 0 Å². The van der Waals surface area contributed by atoms with Gasteiger partial charge in [-0.25, -0.2) is 4.99 Å². The third-order valence-corrected chi connectivity index (χ3v) is 5.87. The number of amides is 1. The Kier molecular flexibility index (Phi) is 5.54. The molecule has 1 atom stereocenters. The Labute approximate surface area is 185 Å². The first-order chi connectivity index (χ1) is 14.6. The van der Waals surface area contributed by atoms with Gasteiger partial charge in [-0.05, 0) is 56.0 Å². The van der Waals surface area contributed by atoms with Crippen LogP contribution < -0.4 is 4.74 Å². The Morgan fingerprint density at radius 2 is 1.77 bits per heavy atom. The molecule has 0 aliphatic carbocycles. The lowest BCUT2D eigenvalue weighted by Crippen LogP contribution is -2.56. The maximum atomic E-state index is 12.9. The zero-order valence-corrected chi connectivity index (χ0v) is 19.5. The smallest absolute Gasteiger partial charge is 0.223 e. The van der Waals surface area contributed by atoms with Crippen LogP contribution in [0.1, 0.15) is 50.8 Å². The molecule has 0 spiro atoms. The number of fused-ring (bicyclic) bond motifs is 2. The maximum Gasteiger partial charge on any atom is 0.223 e. The number of amidine groups is 1. The molecule has 2 heterocycles. The minimum atomic E-state index is -0.00500. The summed E-state index contributed by atoms with van der Waals surface area (Å²) < 4.78 is 6.29. The highest BCUT2D eigenvalue weighted by molar-refractivity contribution is 6.04. The summed E-state index contributed by atoms with van der Waals surface area (Å²) in [5.74, 6) is 2.78. The van der Waals surface area contributed by atoms with Crippen LogP contribution in [0.15, 0.2) is 41.4 Å². The van der Waals surface area contributed by atoms with Crippen LogP contribution in [0.25, 0.3) is 0 Å². The minimum Gasteiger partial charge on any atom is -0.454 e. The predicted octanol–water partition coefficient (Wildman–Crippen LogP) is 5.46. The molecular weight excluding hydrogens is 386 g/mol. The van der Waals surface area contributed by atoms with Gasteiger partial charge in [0.1, 0.15) is 17.3 Å². The fourth-order valence-electron chi connectivity index (χ4n) is 4.31. The molecule has 2 aromatic carbocycles. The number of hydrogen-bond donors (Lipinski definition) is 0.